The molecule has 4 rings (SSSR count). The van der Waals surface area contributed by atoms with Gasteiger partial charge in [-0.05, 0) is 31.8 Å². The zero-order chi connectivity index (χ0) is 27.6. The van der Waals surface area contributed by atoms with Gasteiger partial charge in [0.15, 0.2) is 5.69 Å². The Morgan fingerprint density at radius 1 is 1.22 bits per heavy atom. The van der Waals surface area contributed by atoms with Crippen LogP contribution in [-0.2, 0) is 23.9 Å². The van der Waals surface area contributed by atoms with E-state index in [0.29, 0.717) is 24.0 Å². The summed E-state index contributed by atoms with van der Waals surface area (Å²) in [6.07, 6.45) is -7.63. The summed E-state index contributed by atoms with van der Waals surface area (Å²) in [7, 11) is 0.779. The van der Waals surface area contributed by atoms with Crippen LogP contribution >= 0.6 is 0 Å². The number of carbonyl (C=O) groups excluding carboxylic acids is 1. The number of rotatable bonds is 5. The van der Waals surface area contributed by atoms with Crippen LogP contribution in [-0.4, -0.2) is 32.6 Å². The second-order valence-electron chi connectivity index (χ2n) is 8.84. The number of carbonyl (C=O) groups is 1. The van der Waals surface area contributed by atoms with Crippen molar-refractivity contribution in [2.24, 2.45) is 7.05 Å². The van der Waals surface area contributed by atoms with Gasteiger partial charge in [-0.1, -0.05) is 17.3 Å². The molecular formula is C22H17F8N5O2. The normalized spacial score (nSPS) is 19.6. The molecule has 2 heterocycles. The molecule has 2 aliphatic rings. The van der Waals surface area contributed by atoms with E-state index in [1.807, 2.05) is 6.07 Å². The maximum atomic E-state index is 13.9. The first-order chi connectivity index (χ1) is 17.0. The van der Waals surface area contributed by atoms with E-state index in [0.717, 1.165) is 13.1 Å². The summed E-state index contributed by atoms with van der Waals surface area (Å²) in [6.45, 7) is 1.59. The van der Waals surface area contributed by atoms with Gasteiger partial charge in [-0.3, -0.25) is 9.48 Å². The molecule has 1 saturated carbocycles. The van der Waals surface area contributed by atoms with Crippen LogP contribution in [0.15, 0.2) is 33.9 Å². The topological polar surface area (TPSA) is 96.7 Å². The first-order valence-corrected chi connectivity index (χ1v) is 10.7. The zero-order valence-corrected chi connectivity index (χ0v) is 19.1. The first kappa shape index (κ1) is 26.4. The fourth-order valence-corrected chi connectivity index (χ4v) is 4.03. The minimum Gasteiger partial charge on any atom is -0.360 e. The molecule has 7 nitrogen and oxygen atoms in total. The fourth-order valence-electron chi connectivity index (χ4n) is 4.03. The molecule has 2 aliphatic carbocycles. The molecule has 1 N–H and O–H groups in total. The number of nitrogens with zero attached hydrogens (tertiary/aromatic N) is 4. The average Bonchev–Trinajstić information content (AvgIpc) is 3.21. The molecule has 0 spiro atoms. The molecule has 0 radical (unpaired) electrons. The average molecular weight is 535 g/mol. The molecule has 0 aromatic carbocycles. The summed E-state index contributed by atoms with van der Waals surface area (Å²) in [6, 6.07) is 3.02. The predicted octanol–water partition coefficient (Wildman–Crippen LogP) is 5.28. The Hall–Kier alpha value is -3.70. The zero-order valence-electron chi connectivity index (χ0n) is 19.1. The highest BCUT2D eigenvalue weighted by molar-refractivity contribution is 5.98. The van der Waals surface area contributed by atoms with Crippen LogP contribution in [0.5, 0.6) is 0 Å². The molecular weight excluding hydrogens is 518 g/mol. The van der Waals surface area contributed by atoms with Gasteiger partial charge in [0, 0.05) is 24.6 Å². The van der Waals surface area contributed by atoms with Crippen molar-refractivity contribution in [3.8, 4) is 17.5 Å². The highest BCUT2D eigenvalue weighted by Gasteiger charge is 2.64. The standard InChI is InChI=1S/C22H17F8N5O2/c1-10-7-11(3-4-12(10)18(36)32-19(9-31)5-6-19)14-8-13(34-37-14)16-15(21(25,26)27)17(33-35(16)2)20(23,24)22(28,29)30/h4,7-8,11H,3,5-6H2,1-2H3,(H,32,36). The maximum Gasteiger partial charge on any atom is 0.459 e. The van der Waals surface area contributed by atoms with E-state index in [1.165, 1.54) is 6.08 Å². The third kappa shape index (κ3) is 4.60. The summed E-state index contributed by atoms with van der Waals surface area (Å²) in [5, 5.41) is 18.1. The highest BCUT2D eigenvalue weighted by atomic mass is 19.4. The van der Waals surface area contributed by atoms with E-state index >= 15 is 0 Å². The molecule has 1 fully saturated rings. The Bertz CT molecular complexity index is 1350. The monoisotopic (exact) mass is 535 g/mol. The van der Waals surface area contributed by atoms with Crippen LogP contribution < -0.4 is 5.32 Å². The van der Waals surface area contributed by atoms with Crippen molar-refractivity contribution >= 4 is 5.91 Å². The number of hydrogen-bond acceptors (Lipinski definition) is 5. The van der Waals surface area contributed by atoms with Gasteiger partial charge in [0.1, 0.15) is 28.3 Å². The summed E-state index contributed by atoms with van der Waals surface area (Å²) >= 11 is 0. The summed E-state index contributed by atoms with van der Waals surface area (Å²) in [5.74, 6) is -6.98. The molecule has 2 aromatic heterocycles. The van der Waals surface area contributed by atoms with Crippen molar-refractivity contribution in [1.29, 1.82) is 5.26 Å². The van der Waals surface area contributed by atoms with Gasteiger partial charge in [0.2, 0.25) is 0 Å². The third-order valence-corrected chi connectivity index (χ3v) is 6.13. The van der Waals surface area contributed by atoms with Gasteiger partial charge in [-0.15, -0.1) is 0 Å². The SMILES string of the molecule is CC1=CC(c2cc(-c3c(C(F)(F)F)c(C(F)(F)C(F)(F)F)nn3C)no2)CC=C1C(=O)NC1(C#N)CC1. The van der Waals surface area contributed by atoms with Crippen LogP contribution in [0.3, 0.4) is 0 Å². The minimum atomic E-state index is -6.32. The number of amides is 1. The van der Waals surface area contributed by atoms with Crippen molar-refractivity contribution in [2.45, 2.75) is 55.9 Å². The lowest BCUT2D eigenvalue weighted by molar-refractivity contribution is -0.292. The van der Waals surface area contributed by atoms with Crippen LogP contribution in [0, 0.1) is 11.3 Å². The van der Waals surface area contributed by atoms with Crippen molar-refractivity contribution in [3.63, 3.8) is 0 Å². The second kappa shape index (κ2) is 8.42. The Morgan fingerprint density at radius 2 is 1.86 bits per heavy atom. The molecule has 0 bridgehead atoms. The maximum absolute atomic E-state index is 13.9. The van der Waals surface area contributed by atoms with Crippen LogP contribution in [0.1, 0.15) is 49.1 Å². The quantitative estimate of drug-likeness (QED) is 0.526. The molecule has 37 heavy (non-hydrogen) atoms. The predicted molar refractivity (Wildman–Crippen MR) is 109 cm³/mol. The largest absolute Gasteiger partial charge is 0.459 e. The molecule has 2 aromatic rings. The molecule has 15 heteroatoms. The number of aromatic nitrogens is 3. The second-order valence-corrected chi connectivity index (χ2v) is 8.84. The molecule has 1 unspecified atom stereocenters. The number of hydrogen-bond donors (Lipinski definition) is 1. The van der Waals surface area contributed by atoms with E-state index < -0.39 is 58.3 Å². The lowest BCUT2D eigenvalue weighted by Gasteiger charge is -2.19. The highest BCUT2D eigenvalue weighted by Crippen LogP contribution is 2.50. The van der Waals surface area contributed by atoms with Crippen molar-refractivity contribution in [3.05, 3.63) is 46.4 Å². The number of halogens is 8. The van der Waals surface area contributed by atoms with Crippen molar-refractivity contribution in [2.75, 3.05) is 0 Å². The summed E-state index contributed by atoms with van der Waals surface area (Å²) < 4.78 is 113. The van der Waals surface area contributed by atoms with Gasteiger partial charge in [-0.25, -0.2) is 0 Å². The van der Waals surface area contributed by atoms with Gasteiger partial charge in [0.25, 0.3) is 5.91 Å². The third-order valence-electron chi connectivity index (χ3n) is 6.13. The van der Waals surface area contributed by atoms with Gasteiger partial charge >= 0.3 is 18.3 Å². The Balaban J connectivity index is 1.65. The molecule has 1 atom stereocenters. The van der Waals surface area contributed by atoms with Crippen LogP contribution in [0.2, 0.25) is 0 Å². The fraction of sp³-hybridized carbons (Fsp3) is 0.455. The van der Waals surface area contributed by atoms with Gasteiger partial charge in [0.05, 0.1) is 6.07 Å². The van der Waals surface area contributed by atoms with Crippen molar-refractivity contribution < 1.29 is 44.4 Å². The first-order valence-electron chi connectivity index (χ1n) is 10.7. The Morgan fingerprint density at radius 3 is 2.38 bits per heavy atom. The van der Waals surface area contributed by atoms with E-state index in [9.17, 15) is 39.9 Å². The van der Waals surface area contributed by atoms with E-state index in [2.05, 4.69) is 15.6 Å². The van der Waals surface area contributed by atoms with Crippen molar-refractivity contribution in [1.82, 2.24) is 20.3 Å². The number of nitrogens with one attached hydrogen (secondary N) is 1. The molecule has 198 valence electrons. The number of alkyl halides is 8. The molecule has 0 aliphatic heterocycles. The van der Waals surface area contributed by atoms with Crippen LogP contribution in [0.25, 0.3) is 11.4 Å². The summed E-state index contributed by atoms with van der Waals surface area (Å²) in [5.41, 5.74) is -6.67. The van der Waals surface area contributed by atoms with Gasteiger partial charge < -0.3 is 9.84 Å². The number of aryl methyl sites for hydroxylation is 1. The Kier molecular flexibility index (Phi) is 6.00. The number of nitriles is 1. The van der Waals surface area contributed by atoms with E-state index in [-0.39, 0.29) is 16.9 Å². The van der Waals surface area contributed by atoms with Crippen LogP contribution in [0.4, 0.5) is 35.1 Å². The lowest BCUT2D eigenvalue weighted by Crippen LogP contribution is -2.37. The molecule has 0 saturated heterocycles. The number of allylic oxidation sites excluding steroid dienone is 2. The molecule has 1 amide bonds. The van der Waals surface area contributed by atoms with Gasteiger partial charge in [-0.2, -0.15) is 45.5 Å². The van der Waals surface area contributed by atoms with E-state index in [4.69, 9.17) is 9.78 Å². The Labute approximate surface area is 203 Å². The summed E-state index contributed by atoms with van der Waals surface area (Å²) in [4.78, 5) is 12.5. The minimum absolute atomic E-state index is 0.0146. The van der Waals surface area contributed by atoms with E-state index in [1.54, 1.807) is 13.0 Å². The smallest absolute Gasteiger partial charge is 0.360 e. The lowest BCUT2D eigenvalue weighted by atomic mass is 9.89.